The van der Waals surface area contributed by atoms with E-state index in [1.807, 2.05) is 42.5 Å². The molecule has 2 heterocycles. The molecular weight excluding hydrogens is 292 g/mol. The number of nitrogens with zero attached hydrogens (tertiary/aromatic N) is 2. The third-order valence-electron chi connectivity index (χ3n) is 3.55. The Morgan fingerprint density at radius 1 is 0.913 bits per heavy atom. The maximum atomic E-state index is 10.7. The molecule has 0 bridgehead atoms. The molecule has 0 fully saturated rings. The van der Waals surface area contributed by atoms with Crippen LogP contribution in [-0.2, 0) is 0 Å². The van der Waals surface area contributed by atoms with Crippen molar-refractivity contribution in [2.75, 3.05) is 0 Å². The lowest BCUT2D eigenvalue weighted by atomic mass is 9.99. The third-order valence-corrected chi connectivity index (χ3v) is 3.55. The number of benzene rings is 1. The van der Waals surface area contributed by atoms with Crippen molar-refractivity contribution in [1.29, 1.82) is 0 Å². The maximum Gasteiger partial charge on any atom is 0.512 e. The maximum absolute atomic E-state index is 10.7. The van der Waals surface area contributed by atoms with Crippen molar-refractivity contribution >= 4 is 6.16 Å². The molecular formula is C18H14N2O3. The van der Waals surface area contributed by atoms with Gasteiger partial charge in [0.15, 0.2) is 0 Å². The summed E-state index contributed by atoms with van der Waals surface area (Å²) in [6.45, 7) is 1.79. The van der Waals surface area contributed by atoms with Crippen molar-refractivity contribution in [2.45, 2.75) is 6.92 Å². The van der Waals surface area contributed by atoms with Gasteiger partial charge in [-0.3, -0.25) is 4.98 Å². The fourth-order valence-corrected chi connectivity index (χ4v) is 2.40. The summed E-state index contributed by atoms with van der Waals surface area (Å²) in [6.07, 6.45) is 3.68. The number of rotatable bonds is 3. The lowest BCUT2D eigenvalue weighted by Gasteiger charge is -2.10. The zero-order chi connectivity index (χ0) is 16.2. The Morgan fingerprint density at radius 3 is 2.17 bits per heavy atom. The van der Waals surface area contributed by atoms with E-state index in [9.17, 15) is 4.79 Å². The molecule has 5 nitrogen and oxygen atoms in total. The van der Waals surface area contributed by atoms with E-state index in [0.29, 0.717) is 5.56 Å². The molecule has 23 heavy (non-hydrogen) atoms. The summed E-state index contributed by atoms with van der Waals surface area (Å²) < 4.78 is 4.70. The number of pyridine rings is 2. The van der Waals surface area contributed by atoms with E-state index < -0.39 is 6.16 Å². The molecule has 0 radical (unpaired) electrons. The van der Waals surface area contributed by atoms with E-state index in [0.717, 1.165) is 22.3 Å². The molecule has 114 valence electrons. The van der Waals surface area contributed by atoms with Crippen molar-refractivity contribution in [2.24, 2.45) is 0 Å². The van der Waals surface area contributed by atoms with Crippen molar-refractivity contribution in [3.8, 4) is 28.1 Å². The molecule has 0 aliphatic heterocycles. The van der Waals surface area contributed by atoms with Gasteiger partial charge in [0.25, 0.3) is 0 Å². The number of carboxylic acid groups (broad SMARTS) is 1. The van der Waals surface area contributed by atoms with Gasteiger partial charge in [0.05, 0.1) is 0 Å². The SMILES string of the molecule is Cc1c(-c2ccc(-c3ccncc3)cc2)ccnc1OC(=O)O. The molecule has 3 aromatic rings. The molecule has 0 aliphatic rings. The Balaban J connectivity index is 1.95. The Labute approximate surface area is 133 Å². The Bertz CT molecular complexity index is 831. The van der Waals surface area contributed by atoms with Crippen LogP contribution in [0.4, 0.5) is 4.79 Å². The van der Waals surface area contributed by atoms with Gasteiger partial charge in [-0.1, -0.05) is 24.3 Å². The summed E-state index contributed by atoms with van der Waals surface area (Å²) in [5, 5.41) is 8.75. The monoisotopic (exact) mass is 306 g/mol. The van der Waals surface area contributed by atoms with Gasteiger partial charge < -0.3 is 9.84 Å². The highest BCUT2D eigenvalue weighted by Crippen LogP contribution is 2.30. The third kappa shape index (κ3) is 3.18. The molecule has 0 amide bonds. The van der Waals surface area contributed by atoms with Crippen LogP contribution in [0.15, 0.2) is 61.1 Å². The summed E-state index contributed by atoms with van der Waals surface area (Å²) in [4.78, 5) is 18.7. The van der Waals surface area contributed by atoms with Crippen LogP contribution in [0, 0.1) is 6.92 Å². The second-order valence-corrected chi connectivity index (χ2v) is 4.97. The smallest absolute Gasteiger partial charge is 0.449 e. The second-order valence-electron chi connectivity index (χ2n) is 4.97. The summed E-state index contributed by atoms with van der Waals surface area (Å²) in [5.74, 6) is 0.105. The molecule has 0 unspecified atom stereocenters. The Hall–Kier alpha value is -3.21. The molecule has 0 saturated heterocycles. The zero-order valence-electron chi connectivity index (χ0n) is 12.4. The van der Waals surface area contributed by atoms with Crippen LogP contribution >= 0.6 is 0 Å². The minimum atomic E-state index is -1.37. The van der Waals surface area contributed by atoms with E-state index in [1.54, 1.807) is 19.3 Å². The van der Waals surface area contributed by atoms with Gasteiger partial charge in [-0.25, -0.2) is 9.78 Å². The highest BCUT2D eigenvalue weighted by Gasteiger charge is 2.11. The van der Waals surface area contributed by atoms with Crippen LogP contribution in [0.2, 0.25) is 0 Å². The van der Waals surface area contributed by atoms with E-state index >= 15 is 0 Å². The van der Waals surface area contributed by atoms with Crippen LogP contribution in [0.5, 0.6) is 5.88 Å². The molecule has 5 heteroatoms. The first-order chi connectivity index (χ1) is 11.1. The van der Waals surface area contributed by atoms with Gasteiger partial charge in [0, 0.05) is 24.2 Å². The first-order valence-electron chi connectivity index (χ1n) is 7.02. The molecule has 3 rings (SSSR count). The van der Waals surface area contributed by atoms with Crippen molar-refractivity contribution in [3.63, 3.8) is 0 Å². The zero-order valence-corrected chi connectivity index (χ0v) is 12.4. The van der Waals surface area contributed by atoms with Crippen LogP contribution < -0.4 is 4.74 Å². The van der Waals surface area contributed by atoms with Crippen LogP contribution in [0.3, 0.4) is 0 Å². The number of ether oxygens (including phenoxy) is 1. The number of aromatic nitrogens is 2. The second kappa shape index (κ2) is 6.27. The summed E-state index contributed by atoms with van der Waals surface area (Å²) in [6, 6.07) is 13.7. The number of hydrogen-bond donors (Lipinski definition) is 1. The quantitative estimate of drug-likeness (QED) is 0.735. The van der Waals surface area contributed by atoms with Gasteiger partial charge in [0.2, 0.25) is 5.88 Å². The summed E-state index contributed by atoms with van der Waals surface area (Å²) >= 11 is 0. The molecule has 0 saturated carbocycles. The molecule has 0 spiro atoms. The van der Waals surface area contributed by atoms with Gasteiger partial charge in [0.1, 0.15) is 0 Å². The highest BCUT2D eigenvalue weighted by molar-refractivity contribution is 5.73. The predicted octanol–water partition coefficient (Wildman–Crippen LogP) is 4.18. The van der Waals surface area contributed by atoms with E-state index in [4.69, 9.17) is 9.84 Å². The van der Waals surface area contributed by atoms with Gasteiger partial charge >= 0.3 is 6.16 Å². The first kappa shape index (κ1) is 14.7. The van der Waals surface area contributed by atoms with Crippen LogP contribution in [0.25, 0.3) is 22.3 Å². The normalized spacial score (nSPS) is 10.3. The van der Waals surface area contributed by atoms with E-state index in [-0.39, 0.29) is 5.88 Å². The highest BCUT2D eigenvalue weighted by atomic mass is 16.7. The van der Waals surface area contributed by atoms with Gasteiger partial charge in [-0.2, -0.15) is 0 Å². The summed E-state index contributed by atoms with van der Waals surface area (Å²) in [5.41, 5.74) is 4.72. The molecule has 0 aliphatic carbocycles. The number of carbonyl (C=O) groups is 1. The standard InChI is InChI=1S/C18H14N2O3/c1-12-16(8-11-20-17(12)23-18(21)22)15-4-2-13(3-5-15)14-6-9-19-10-7-14/h2-11H,1H3,(H,21,22). The van der Waals surface area contributed by atoms with Crippen LogP contribution in [0.1, 0.15) is 5.56 Å². The van der Waals surface area contributed by atoms with Gasteiger partial charge in [-0.05, 0) is 47.4 Å². The minimum absolute atomic E-state index is 0.105. The van der Waals surface area contributed by atoms with E-state index in [1.165, 1.54) is 6.20 Å². The molecule has 0 atom stereocenters. The molecule has 1 N–H and O–H groups in total. The van der Waals surface area contributed by atoms with Crippen molar-refractivity contribution in [1.82, 2.24) is 9.97 Å². The average molecular weight is 306 g/mol. The van der Waals surface area contributed by atoms with Gasteiger partial charge in [-0.15, -0.1) is 0 Å². The first-order valence-corrected chi connectivity index (χ1v) is 7.02. The summed E-state index contributed by atoms with van der Waals surface area (Å²) in [7, 11) is 0. The van der Waals surface area contributed by atoms with Crippen LogP contribution in [-0.4, -0.2) is 21.2 Å². The predicted molar refractivity (Wildman–Crippen MR) is 86.3 cm³/mol. The molecule has 2 aromatic heterocycles. The minimum Gasteiger partial charge on any atom is -0.449 e. The fourth-order valence-electron chi connectivity index (χ4n) is 2.40. The topological polar surface area (TPSA) is 72.3 Å². The lowest BCUT2D eigenvalue weighted by molar-refractivity contribution is 0.142. The lowest BCUT2D eigenvalue weighted by Crippen LogP contribution is -2.06. The largest absolute Gasteiger partial charge is 0.512 e. The Kier molecular flexibility index (Phi) is 4.01. The number of hydrogen-bond acceptors (Lipinski definition) is 4. The fraction of sp³-hybridized carbons (Fsp3) is 0.0556. The average Bonchev–Trinajstić information content (AvgIpc) is 2.57. The Morgan fingerprint density at radius 2 is 1.52 bits per heavy atom. The van der Waals surface area contributed by atoms with E-state index in [2.05, 4.69) is 9.97 Å². The van der Waals surface area contributed by atoms with Crippen molar-refractivity contribution < 1.29 is 14.6 Å². The van der Waals surface area contributed by atoms with Crippen molar-refractivity contribution in [3.05, 3.63) is 66.6 Å². The molecule has 1 aromatic carbocycles.